The third kappa shape index (κ3) is 4.91. The number of halogens is 1. The molecule has 1 amide bonds. The highest BCUT2D eigenvalue weighted by Crippen LogP contribution is 2.29. The second-order valence-corrected chi connectivity index (χ2v) is 8.44. The zero-order chi connectivity index (χ0) is 20.3. The number of hydrogen-bond acceptors (Lipinski definition) is 5. The van der Waals surface area contributed by atoms with Crippen molar-refractivity contribution in [3.05, 3.63) is 51.5 Å². The molecule has 1 aromatic carbocycles. The van der Waals surface area contributed by atoms with Gasteiger partial charge in [-0.3, -0.25) is 9.48 Å². The molecule has 0 aliphatic heterocycles. The van der Waals surface area contributed by atoms with Gasteiger partial charge in [-0.25, -0.2) is 4.79 Å². The molecule has 0 atom stereocenters. The molecule has 6 nitrogen and oxygen atoms in total. The van der Waals surface area contributed by atoms with Gasteiger partial charge in [0.2, 0.25) is 0 Å². The van der Waals surface area contributed by atoms with E-state index in [2.05, 4.69) is 24.3 Å². The Hall–Kier alpha value is -2.38. The van der Waals surface area contributed by atoms with E-state index in [1.807, 2.05) is 23.7 Å². The van der Waals surface area contributed by atoms with Crippen LogP contribution in [0.25, 0.3) is 10.2 Å². The lowest BCUT2D eigenvalue weighted by molar-refractivity contribution is -0.124. The number of nitrogens with one attached hydrogen (secondary N) is 1. The van der Waals surface area contributed by atoms with Crippen LogP contribution in [-0.4, -0.2) is 28.3 Å². The van der Waals surface area contributed by atoms with E-state index in [0.29, 0.717) is 22.4 Å². The van der Waals surface area contributed by atoms with Gasteiger partial charge in [0.25, 0.3) is 5.91 Å². The van der Waals surface area contributed by atoms with E-state index in [1.165, 1.54) is 11.3 Å². The number of hydrogen-bond donors (Lipinski definition) is 1. The third-order valence-corrected chi connectivity index (χ3v) is 5.42. The Balaban J connectivity index is 1.57. The summed E-state index contributed by atoms with van der Waals surface area (Å²) in [6, 6.07) is 8.99. The standard InChI is InChI=1S/C20H22ClN3O3S/c1-12(2)10-24-19-16(13(3)23-24)8-17(28-19)20(26)27-11-18(25)22-9-14-5-4-6-15(21)7-14/h4-8,12H,9-11H2,1-3H3,(H,22,25). The van der Waals surface area contributed by atoms with Crippen LogP contribution >= 0.6 is 22.9 Å². The fourth-order valence-corrected chi connectivity index (χ4v) is 4.06. The fraction of sp³-hybridized carbons (Fsp3) is 0.350. The number of rotatable bonds is 7. The first-order valence-electron chi connectivity index (χ1n) is 8.98. The molecule has 3 rings (SSSR count). The van der Waals surface area contributed by atoms with Crippen molar-refractivity contribution >= 4 is 45.0 Å². The molecule has 3 aromatic rings. The van der Waals surface area contributed by atoms with Crippen LogP contribution in [0.3, 0.4) is 0 Å². The lowest BCUT2D eigenvalue weighted by Crippen LogP contribution is -2.28. The summed E-state index contributed by atoms with van der Waals surface area (Å²) in [6.45, 7) is 6.94. The van der Waals surface area contributed by atoms with Crippen LogP contribution in [0.1, 0.15) is 34.8 Å². The van der Waals surface area contributed by atoms with Crippen LogP contribution in [0.4, 0.5) is 0 Å². The Labute approximate surface area is 172 Å². The lowest BCUT2D eigenvalue weighted by atomic mass is 10.2. The molecule has 0 saturated carbocycles. The Morgan fingerprint density at radius 3 is 2.82 bits per heavy atom. The molecule has 0 aliphatic rings. The summed E-state index contributed by atoms with van der Waals surface area (Å²) in [5, 5.41) is 8.79. The first-order valence-corrected chi connectivity index (χ1v) is 10.2. The summed E-state index contributed by atoms with van der Waals surface area (Å²) < 4.78 is 7.09. The maximum absolute atomic E-state index is 12.3. The summed E-state index contributed by atoms with van der Waals surface area (Å²) in [5.74, 6) is -0.422. The molecule has 8 heteroatoms. The smallest absolute Gasteiger partial charge is 0.348 e. The van der Waals surface area contributed by atoms with Crippen molar-refractivity contribution in [3.8, 4) is 0 Å². The van der Waals surface area contributed by atoms with Gasteiger partial charge < -0.3 is 10.1 Å². The highest BCUT2D eigenvalue weighted by atomic mass is 35.5. The number of thiophene rings is 1. The number of amides is 1. The molecule has 0 unspecified atom stereocenters. The minimum Gasteiger partial charge on any atom is -0.451 e. The monoisotopic (exact) mass is 419 g/mol. The predicted molar refractivity (Wildman–Crippen MR) is 111 cm³/mol. The van der Waals surface area contributed by atoms with Crippen LogP contribution in [0.2, 0.25) is 5.02 Å². The largest absolute Gasteiger partial charge is 0.451 e. The summed E-state index contributed by atoms with van der Waals surface area (Å²) in [6.07, 6.45) is 0. The second-order valence-electron chi connectivity index (χ2n) is 6.97. The van der Waals surface area contributed by atoms with E-state index in [-0.39, 0.29) is 12.5 Å². The van der Waals surface area contributed by atoms with Crippen molar-refractivity contribution in [2.75, 3.05) is 6.61 Å². The van der Waals surface area contributed by atoms with Crippen molar-refractivity contribution in [2.45, 2.75) is 33.9 Å². The number of aryl methyl sites for hydroxylation is 1. The van der Waals surface area contributed by atoms with Crippen molar-refractivity contribution in [2.24, 2.45) is 5.92 Å². The van der Waals surface area contributed by atoms with Gasteiger partial charge in [0, 0.05) is 23.5 Å². The molecule has 0 fully saturated rings. The van der Waals surface area contributed by atoms with E-state index in [0.717, 1.165) is 28.0 Å². The Bertz CT molecular complexity index is 1010. The van der Waals surface area contributed by atoms with E-state index < -0.39 is 5.97 Å². The number of aromatic nitrogens is 2. The number of nitrogens with zero attached hydrogens (tertiary/aromatic N) is 2. The van der Waals surface area contributed by atoms with Crippen LogP contribution < -0.4 is 5.32 Å². The van der Waals surface area contributed by atoms with Crippen molar-refractivity contribution in [1.29, 1.82) is 0 Å². The number of carbonyl (C=O) groups is 2. The van der Waals surface area contributed by atoms with Crippen LogP contribution in [0.15, 0.2) is 30.3 Å². The first-order chi connectivity index (χ1) is 13.3. The molecule has 2 aromatic heterocycles. The predicted octanol–water partition coefficient (Wildman–Crippen LogP) is 4.19. The van der Waals surface area contributed by atoms with E-state index in [1.54, 1.807) is 18.2 Å². The minimum absolute atomic E-state index is 0.323. The minimum atomic E-state index is -0.505. The normalized spacial score (nSPS) is 11.2. The van der Waals surface area contributed by atoms with Crippen LogP contribution in [-0.2, 0) is 22.6 Å². The van der Waals surface area contributed by atoms with Gasteiger partial charge >= 0.3 is 5.97 Å². The van der Waals surface area contributed by atoms with Gasteiger partial charge in [-0.05, 0) is 36.6 Å². The molecule has 148 valence electrons. The zero-order valence-corrected chi connectivity index (χ0v) is 17.6. The molecule has 1 N–H and O–H groups in total. The number of ether oxygens (including phenoxy) is 1. The van der Waals surface area contributed by atoms with Crippen LogP contribution in [0, 0.1) is 12.8 Å². The van der Waals surface area contributed by atoms with Crippen molar-refractivity contribution in [3.63, 3.8) is 0 Å². The Morgan fingerprint density at radius 1 is 1.32 bits per heavy atom. The van der Waals surface area contributed by atoms with E-state index in [4.69, 9.17) is 16.3 Å². The average Bonchev–Trinajstić information content (AvgIpc) is 3.19. The molecule has 2 heterocycles. The summed E-state index contributed by atoms with van der Waals surface area (Å²) in [5.41, 5.74) is 1.76. The molecule has 0 bridgehead atoms. The summed E-state index contributed by atoms with van der Waals surface area (Å²) in [4.78, 5) is 25.7. The molecular weight excluding hydrogens is 398 g/mol. The maximum Gasteiger partial charge on any atom is 0.348 e. The SMILES string of the molecule is Cc1nn(CC(C)C)c2sc(C(=O)OCC(=O)NCc3cccc(Cl)c3)cc12. The lowest BCUT2D eigenvalue weighted by Gasteiger charge is -2.06. The first kappa shape index (κ1) is 20.4. The van der Waals surface area contributed by atoms with Gasteiger partial charge in [-0.1, -0.05) is 37.6 Å². The molecular formula is C20H22ClN3O3S. The Kier molecular flexibility index (Phi) is 6.36. The second kappa shape index (κ2) is 8.75. The third-order valence-electron chi connectivity index (χ3n) is 4.06. The molecule has 0 radical (unpaired) electrons. The van der Waals surface area contributed by atoms with Gasteiger partial charge in [-0.15, -0.1) is 11.3 Å². The van der Waals surface area contributed by atoms with E-state index >= 15 is 0 Å². The Morgan fingerprint density at radius 2 is 2.11 bits per heavy atom. The quantitative estimate of drug-likeness (QED) is 0.583. The fourth-order valence-electron chi connectivity index (χ4n) is 2.78. The van der Waals surface area contributed by atoms with Gasteiger partial charge in [0.05, 0.1) is 5.69 Å². The van der Waals surface area contributed by atoms with E-state index in [9.17, 15) is 9.59 Å². The summed E-state index contributed by atoms with van der Waals surface area (Å²) in [7, 11) is 0. The number of esters is 1. The average molecular weight is 420 g/mol. The number of benzene rings is 1. The molecule has 0 spiro atoms. The maximum atomic E-state index is 12.3. The van der Waals surface area contributed by atoms with Crippen molar-refractivity contribution in [1.82, 2.24) is 15.1 Å². The van der Waals surface area contributed by atoms with Gasteiger partial charge in [0.15, 0.2) is 6.61 Å². The van der Waals surface area contributed by atoms with Crippen LogP contribution in [0.5, 0.6) is 0 Å². The van der Waals surface area contributed by atoms with Crippen molar-refractivity contribution < 1.29 is 14.3 Å². The summed E-state index contributed by atoms with van der Waals surface area (Å²) >= 11 is 7.26. The molecule has 0 aliphatic carbocycles. The molecule has 28 heavy (non-hydrogen) atoms. The number of fused-ring (bicyclic) bond motifs is 1. The highest BCUT2D eigenvalue weighted by Gasteiger charge is 2.18. The zero-order valence-electron chi connectivity index (χ0n) is 16.0. The number of carbonyl (C=O) groups excluding carboxylic acids is 2. The topological polar surface area (TPSA) is 73.2 Å². The van der Waals surface area contributed by atoms with Gasteiger partial charge in [-0.2, -0.15) is 5.10 Å². The molecule has 0 saturated heterocycles. The van der Waals surface area contributed by atoms with Gasteiger partial charge in [0.1, 0.15) is 9.71 Å². The highest BCUT2D eigenvalue weighted by molar-refractivity contribution is 7.20.